The second-order valence-electron chi connectivity index (χ2n) is 4.77. The molecule has 0 saturated carbocycles. The molecule has 0 radical (unpaired) electrons. The molecule has 1 saturated heterocycles. The van der Waals surface area contributed by atoms with Crippen molar-refractivity contribution in [1.29, 1.82) is 0 Å². The molecule has 1 aromatic carbocycles. The lowest BCUT2D eigenvalue weighted by Crippen LogP contribution is -2.28. The molecule has 2 aromatic rings. The maximum atomic E-state index is 12.5. The molecule has 0 unspecified atom stereocenters. The molecule has 6 heteroatoms. The number of thiophene rings is 1. The summed E-state index contributed by atoms with van der Waals surface area (Å²) >= 11 is 3.03. The van der Waals surface area contributed by atoms with E-state index in [1.165, 1.54) is 11.8 Å². The first kappa shape index (κ1) is 15.8. The van der Waals surface area contributed by atoms with Gasteiger partial charge in [-0.2, -0.15) is 0 Å². The van der Waals surface area contributed by atoms with Crippen LogP contribution in [0.2, 0.25) is 0 Å². The topological polar surface area (TPSA) is 41.9 Å². The summed E-state index contributed by atoms with van der Waals surface area (Å²) in [5.41, 5.74) is 0.803. The SMILES string of the molecule is CCN1C(=O)/C(=C/c2cccs2)SC1=Nc1ccc(OC)cc1. The Hall–Kier alpha value is -2.05. The van der Waals surface area contributed by atoms with Crippen molar-refractivity contribution in [2.24, 2.45) is 4.99 Å². The highest BCUT2D eigenvalue weighted by molar-refractivity contribution is 8.18. The number of nitrogens with zero attached hydrogens (tertiary/aromatic N) is 2. The number of amidine groups is 1. The maximum Gasteiger partial charge on any atom is 0.266 e. The minimum Gasteiger partial charge on any atom is -0.497 e. The Kier molecular flexibility index (Phi) is 4.83. The smallest absolute Gasteiger partial charge is 0.266 e. The molecule has 1 aromatic heterocycles. The summed E-state index contributed by atoms with van der Waals surface area (Å²) in [6.07, 6.45) is 1.93. The van der Waals surface area contributed by atoms with E-state index >= 15 is 0 Å². The molecule has 1 aliphatic heterocycles. The molecule has 23 heavy (non-hydrogen) atoms. The number of methoxy groups -OCH3 is 1. The van der Waals surface area contributed by atoms with Gasteiger partial charge in [-0.05, 0) is 60.5 Å². The summed E-state index contributed by atoms with van der Waals surface area (Å²) in [6.45, 7) is 2.55. The first-order valence-corrected chi connectivity index (χ1v) is 8.88. The van der Waals surface area contributed by atoms with Crippen molar-refractivity contribution in [2.75, 3.05) is 13.7 Å². The summed E-state index contributed by atoms with van der Waals surface area (Å²) in [4.78, 5) is 20.6. The molecule has 0 N–H and O–H groups in total. The lowest BCUT2D eigenvalue weighted by Gasteiger charge is -2.12. The molecule has 2 heterocycles. The minimum atomic E-state index is 0.0122. The summed E-state index contributed by atoms with van der Waals surface area (Å²) in [5, 5.41) is 2.71. The van der Waals surface area contributed by atoms with Crippen molar-refractivity contribution >= 4 is 45.9 Å². The predicted octanol–water partition coefficient (Wildman–Crippen LogP) is 4.38. The number of likely N-dealkylation sites (N-methyl/N-ethyl adjacent to an activating group) is 1. The van der Waals surface area contributed by atoms with Gasteiger partial charge in [-0.3, -0.25) is 9.69 Å². The van der Waals surface area contributed by atoms with Gasteiger partial charge in [0.15, 0.2) is 5.17 Å². The monoisotopic (exact) mass is 344 g/mol. The second kappa shape index (κ2) is 7.02. The van der Waals surface area contributed by atoms with Crippen molar-refractivity contribution in [3.05, 3.63) is 51.6 Å². The number of hydrogen-bond acceptors (Lipinski definition) is 5. The van der Waals surface area contributed by atoms with Crippen LogP contribution in [0, 0.1) is 0 Å². The third-order valence-corrected chi connectivity index (χ3v) is 5.14. The van der Waals surface area contributed by atoms with Crippen molar-refractivity contribution in [3.63, 3.8) is 0 Å². The molecule has 0 spiro atoms. The Bertz CT molecular complexity index is 749. The van der Waals surface area contributed by atoms with E-state index in [4.69, 9.17) is 4.74 Å². The Morgan fingerprint density at radius 2 is 2.04 bits per heavy atom. The van der Waals surface area contributed by atoms with Crippen LogP contribution >= 0.6 is 23.1 Å². The van der Waals surface area contributed by atoms with Gasteiger partial charge >= 0.3 is 0 Å². The van der Waals surface area contributed by atoms with Crippen molar-refractivity contribution < 1.29 is 9.53 Å². The first-order chi connectivity index (χ1) is 11.2. The van der Waals surface area contributed by atoms with E-state index in [1.807, 2.05) is 54.8 Å². The number of benzene rings is 1. The van der Waals surface area contributed by atoms with Crippen molar-refractivity contribution in [2.45, 2.75) is 6.92 Å². The molecule has 4 nitrogen and oxygen atoms in total. The van der Waals surface area contributed by atoms with Crippen LogP contribution in [-0.2, 0) is 4.79 Å². The third kappa shape index (κ3) is 3.48. The van der Waals surface area contributed by atoms with Crippen LogP contribution in [0.15, 0.2) is 51.7 Å². The maximum absolute atomic E-state index is 12.5. The standard InChI is InChI=1S/C17H16N2O2S2/c1-3-19-16(20)15(11-14-5-4-10-22-14)23-17(19)18-12-6-8-13(21-2)9-7-12/h4-11H,3H2,1-2H3/b15-11-,18-17?. The number of carbonyl (C=O) groups is 1. The van der Waals surface area contributed by atoms with Crippen molar-refractivity contribution in [3.8, 4) is 5.75 Å². The van der Waals surface area contributed by atoms with Gasteiger partial charge in [-0.25, -0.2) is 4.99 Å². The number of rotatable bonds is 4. The van der Waals surface area contributed by atoms with E-state index in [0.29, 0.717) is 16.6 Å². The van der Waals surface area contributed by atoms with Gasteiger partial charge in [-0.15, -0.1) is 11.3 Å². The van der Waals surface area contributed by atoms with E-state index in [0.717, 1.165) is 16.3 Å². The highest BCUT2D eigenvalue weighted by atomic mass is 32.2. The molecule has 118 valence electrons. The fourth-order valence-corrected chi connectivity index (χ4v) is 3.93. The fraction of sp³-hybridized carbons (Fsp3) is 0.176. The van der Waals surface area contributed by atoms with E-state index in [1.54, 1.807) is 23.3 Å². The summed E-state index contributed by atoms with van der Waals surface area (Å²) < 4.78 is 5.15. The Labute approximate surface area is 143 Å². The molecule has 1 fully saturated rings. The number of carbonyl (C=O) groups excluding carboxylic acids is 1. The zero-order valence-electron chi connectivity index (χ0n) is 12.9. The zero-order valence-corrected chi connectivity index (χ0v) is 14.5. The number of thioether (sulfide) groups is 1. The highest BCUT2D eigenvalue weighted by Crippen LogP contribution is 2.34. The van der Waals surface area contributed by atoms with E-state index in [2.05, 4.69) is 4.99 Å². The summed E-state index contributed by atoms with van der Waals surface area (Å²) in [5.74, 6) is 0.799. The van der Waals surface area contributed by atoms with Gasteiger partial charge in [0, 0.05) is 11.4 Å². The van der Waals surface area contributed by atoms with Crippen LogP contribution in [-0.4, -0.2) is 29.6 Å². The number of aliphatic imine (C=N–C) groups is 1. The van der Waals surface area contributed by atoms with E-state index < -0.39 is 0 Å². The molecule has 3 rings (SSSR count). The van der Waals surface area contributed by atoms with Gasteiger partial charge < -0.3 is 4.74 Å². The normalized spacial score (nSPS) is 18.2. The number of ether oxygens (including phenoxy) is 1. The van der Waals surface area contributed by atoms with Crippen LogP contribution in [0.1, 0.15) is 11.8 Å². The average Bonchev–Trinajstić information content (AvgIpc) is 3.17. The van der Waals surface area contributed by atoms with Gasteiger partial charge in [-0.1, -0.05) is 6.07 Å². The van der Waals surface area contributed by atoms with Crippen LogP contribution in [0.5, 0.6) is 5.75 Å². The first-order valence-electron chi connectivity index (χ1n) is 7.19. The molecular weight excluding hydrogens is 328 g/mol. The highest BCUT2D eigenvalue weighted by Gasteiger charge is 2.32. The molecule has 0 atom stereocenters. The zero-order chi connectivity index (χ0) is 16.2. The lowest BCUT2D eigenvalue weighted by molar-refractivity contribution is -0.122. The molecule has 1 amide bonds. The van der Waals surface area contributed by atoms with Gasteiger partial charge in [0.25, 0.3) is 5.91 Å². The van der Waals surface area contributed by atoms with Gasteiger partial charge in [0.05, 0.1) is 17.7 Å². The minimum absolute atomic E-state index is 0.0122. The number of amides is 1. The predicted molar refractivity (Wildman–Crippen MR) is 97.4 cm³/mol. The molecule has 1 aliphatic rings. The Balaban J connectivity index is 1.89. The van der Waals surface area contributed by atoms with E-state index in [-0.39, 0.29) is 5.91 Å². The average molecular weight is 344 g/mol. The largest absolute Gasteiger partial charge is 0.497 e. The fourth-order valence-electron chi connectivity index (χ4n) is 2.14. The third-order valence-electron chi connectivity index (χ3n) is 3.32. The number of hydrogen-bond donors (Lipinski definition) is 0. The Morgan fingerprint density at radius 3 is 2.65 bits per heavy atom. The second-order valence-corrected chi connectivity index (χ2v) is 6.76. The van der Waals surface area contributed by atoms with Crippen molar-refractivity contribution in [1.82, 2.24) is 4.90 Å². The molecule has 0 bridgehead atoms. The van der Waals surface area contributed by atoms with Gasteiger partial charge in [0.2, 0.25) is 0 Å². The molecule has 0 aliphatic carbocycles. The van der Waals surface area contributed by atoms with Gasteiger partial charge in [0.1, 0.15) is 5.75 Å². The summed E-state index contributed by atoms with van der Waals surface area (Å²) in [6, 6.07) is 11.5. The van der Waals surface area contributed by atoms with E-state index in [9.17, 15) is 4.79 Å². The molecular formula is C17H16N2O2S2. The quantitative estimate of drug-likeness (QED) is 0.773. The lowest BCUT2D eigenvalue weighted by atomic mass is 10.3. The van der Waals surface area contributed by atoms with Crippen LogP contribution in [0.4, 0.5) is 5.69 Å². The van der Waals surface area contributed by atoms with Crippen LogP contribution in [0.3, 0.4) is 0 Å². The van der Waals surface area contributed by atoms with Crippen LogP contribution in [0.25, 0.3) is 6.08 Å². The summed E-state index contributed by atoms with van der Waals surface area (Å²) in [7, 11) is 1.63. The van der Waals surface area contributed by atoms with Crippen LogP contribution < -0.4 is 4.74 Å². The Morgan fingerprint density at radius 1 is 1.26 bits per heavy atom.